The molecule has 0 radical (unpaired) electrons. The number of nitrogens with one attached hydrogen (secondary N) is 2. The molecule has 1 fully saturated rings. The van der Waals surface area contributed by atoms with Crippen LogP contribution >= 0.6 is 0 Å². The standard InChI is InChI=1S/C24H23FN4O4/c1-16-4-5-17(15-20(16)27-22(30)21-3-2-14-33-21)23(31)28-10-12-29(13-11-28)24(32)26-19-8-6-18(25)7-9-19/h2-9,14-15H,10-13H2,1H3,(H,26,32)(H,27,30). The van der Waals surface area contributed by atoms with Crippen LogP contribution in [0.25, 0.3) is 0 Å². The highest BCUT2D eigenvalue weighted by Gasteiger charge is 2.25. The smallest absolute Gasteiger partial charge is 0.321 e. The second-order valence-corrected chi connectivity index (χ2v) is 7.68. The molecule has 0 saturated carbocycles. The van der Waals surface area contributed by atoms with Gasteiger partial charge in [-0.15, -0.1) is 0 Å². The van der Waals surface area contributed by atoms with Crippen LogP contribution in [0.15, 0.2) is 65.3 Å². The Bertz CT molecular complexity index is 1150. The maximum atomic E-state index is 13.0. The summed E-state index contributed by atoms with van der Waals surface area (Å²) in [6.07, 6.45) is 1.42. The van der Waals surface area contributed by atoms with E-state index in [4.69, 9.17) is 4.42 Å². The lowest BCUT2D eigenvalue weighted by atomic mass is 10.1. The minimum absolute atomic E-state index is 0.179. The molecule has 4 rings (SSSR count). The molecule has 2 N–H and O–H groups in total. The molecule has 1 saturated heterocycles. The zero-order chi connectivity index (χ0) is 23.4. The van der Waals surface area contributed by atoms with Crippen LogP contribution in [0.4, 0.5) is 20.6 Å². The lowest BCUT2D eigenvalue weighted by molar-refractivity contribution is 0.0671. The van der Waals surface area contributed by atoms with Gasteiger partial charge in [-0.2, -0.15) is 0 Å². The SMILES string of the molecule is Cc1ccc(C(=O)N2CCN(C(=O)Nc3ccc(F)cc3)CC2)cc1NC(=O)c1ccco1. The first-order chi connectivity index (χ1) is 15.9. The fraction of sp³-hybridized carbons (Fsp3) is 0.208. The zero-order valence-corrected chi connectivity index (χ0v) is 18.0. The number of piperazine rings is 1. The van der Waals surface area contributed by atoms with Gasteiger partial charge in [-0.25, -0.2) is 9.18 Å². The van der Waals surface area contributed by atoms with Crippen molar-refractivity contribution in [3.05, 3.63) is 83.6 Å². The molecule has 2 heterocycles. The number of halogens is 1. The number of hydrogen-bond donors (Lipinski definition) is 2. The maximum absolute atomic E-state index is 13.0. The first kappa shape index (κ1) is 22.1. The van der Waals surface area contributed by atoms with E-state index < -0.39 is 5.91 Å². The molecule has 0 atom stereocenters. The molecule has 1 aliphatic rings. The van der Waals surface area contributed by atoms with Crippen LogP contribution in [0.1, 0.15) is 26.5 Å². The molecule has 0 bridgehead atoms. The van der Waals surface area contributed by atoms with E-state index in [0.717, 1.165) is 5.56 Å². The Labute approximate surface area is 190 Å². The van der Waals surface area contributed by atoms with E-state index in [1.807, 2.05) is 6.92 Å². The molecule has 2 aromatic carbocycles. The molecule has 1 aliphatic heterocycles. The van der Waals surface area contributed by atoms with Crippen molar-refractivity contribution in [2.24, 2.45) is 0 Å². The van der Waals surface area contributed by atoms with Gasteiger partial charge in [0.05, 0.1) is 6.26 Å². The van der Waals surface area contributed by atoms with Crippen molar-refractivity contribution >= 4 is 29.2 Å². The topological polar surface area (TPSA) is 94.9 Å². The molecule has 0 spiro atoms. The van der Waals surface area contributed by atoms with Crippen molar-refractivity contribution in [2.75, 3.05) is 36.8 Å². The summed E-state index contributed by atoms with van der Waals surface area (Å²) in [7, 11) is 0. The van der Waals surface area contributed by atoms with Crippen LogP contribution in [0.2, 0.25) is 0 Å². The van der Waals surface area contributed by atoms with E-state index in [-0.39, 0.29) is 23.5 Å². The maximum Gasteiger partial charge on any atom is 0.321 e. The third-order valence-electron chi connectivity index (χ3n) is 5.43. The van der Waals surface area contributed by atoms with Crippen LogP contribution in [-0.2, 0) is 0 Å². The van der Waals surface area contributed by atoms with E-state index in [0.29, 0.717) is 43.1 Å². The van der Waals surface area contributed by atoms with Crippen LogP contribution in [-0.4, -0.2) is 53.8 Å². The predicted molar refractivity (Wildman–Crippen MR) is 121 cm³/mol. The van der Waals surface area contributed by atoms with E-state index >= 15 is 0 Å². The Hall–Kier alpha value is -4.14. The van der Waals surface area contributed by atoms with E-state index in [9.17, 15) is 18.8 Å². The first-order valence-corrected chi connectivity index (χ1v) is 10.5. The van der Waals surface area contributed by atoms with E-state index in [2.05, 4.69) is 10.6 Å². The minimum atomic E-state index is -0.395. The zero-order valence-electron chi connectivity index (χ0n) is 18.0. The number of urea groups is 1. The summed E-state index contributed by atoms with van der Waals surface area (Å²) in [4.78, 5) is 41.0. The lowest BCUT2D eigenvalue weighted by Gasteiger charge is -2.34. The molecule has 170 valence electrons. The Morgan fingerprint density at radius 3 is 2.27 bits per heavy atom. The van der Waals surface area contributed by atoms with Gasteiger partial charge in [-0.05, 0) is 61.0 Å². The highest BCUT2D eigenvalue weighted by molar-refractivity contribution is 6.04. The number of anilines is 2. The van der Waals surface area contributed by atoms with Crippen molar-refractivity contribution in [3.63, 3.8) is 0 Å². The van der Waals surface area contributed by atoms with Crippen molar-refractivity contribution in [3.8, 4) is 0 Å². The normalized spacial score (nSPS) is 13.5. The number of hydrogen-bond acceptors (Lipinski definition) is 4. The molecule has 3 aromatic rings. The second-order valence-electron chi connectivity index (χ2n) is 7.68. The summed E-state index contributed by atoms with van der Waals surface area (Å²) >= 11 is 0. The third-order valence-corrected chi connectivity index (χ3v) is 5.43. The van der Waals surface area contributed by atoms with Crippen molar-refractivity contribution in [2.45, 2.75) is 6.92 Å². The van der Waals surface area contributed by atoms with Crippen molar-refractivity contribution in [1.29, 1.82) is 0 Å². The number of amides is 4. The second kappa shape index (κ2) is 9.56. The number of carbonyl (C=O) groups is 3. The third kappa shape index (κ3) is 5.20. The quantitative estimate of drug-likeness (QED) is 0.629. The molecular formula is C24H23FN4O4. The summed E-state index contributed by atoms with van der Waals surface area (Å²) in [5.74, 6) is -0.767. The Morgan fingerprint density at radius 1 is 0.909 bits per heavy atom. The number of carbonyl (C=O) groups excluding carboxylic acids is 3. The van der Waals surface area contributed by atoms with E-state index in [1.54, 1.807) is 40.1 Å². The first-order valence-electron chi connectivity index (χ1n) is 10.5. The van der Waals surface area contributed by atoms with Crippen LogP contribution in [0.5, 0.6) is 0 Å². The number of nitrogens with zero attached hydrogens (tertiary/aromatic N) is 2. The number of furan rings is 1. The highest BCUT2D eigenvalue weighted by Crippen LogP contribution is 2.20. The summed E-state index contributed by atoms with van der Waals surface area (Å²) in [6.45, 7) is 3.32. The summed E-state index contributed by atoms with van der Waals surface area (Å²) in [5, 5.41) is 5.50. The average Bonchev–Trinajstić information content (AvgIpc) is 3.37. The summed E-state index contributed by atoms with van der Waals surface area (Å²) in [5.41, 5.74) is 2.29. The van der Waals surface area contributed by atoms with Gasteiger partial charge in [-0.1, -0.05) is 6.07 Å². The molecule has 0 unspecified atom stereocenters. The predicted octanol–water partition coefficient (Wildman–Crippen LogP) is 3.97. The molecule has 4 amide bonds. The molecule has 33 heavy (non-hydrogen) atoms. The number of rotatable bonds is 4. The Morgan fingerprint density at radius 2 is 1.61 bits per heavy atom. The van der Waals surface area contributed by atoms with Gasteiger partial charge in [-0.3, -0.25) is 9.59 Å². The minimum Gasteiger partial charge on any atom is -0.459 e. The van der Waals surface area contributed by atoms with Gasteiger partial charge in [0.1, 0.15) is 5.82 Å². The Balaban J connectivity index is 1.36. The monoisotopic (exact) mass is 450 g/mol. The number of aryl methyl sites for hydroxylation is 1. The van der Waals surface area contributed by atoms with Gasteiger partial charge >= 0.3 is 6.03 Å². The van der Waals surface area contributed by atoms with Crippen LogP contribution < -0.4 is 10.6 Å². The molecular weight excluding hydrogens is 427 g/mol. The molecule has 1 aromatic heterocycles. The van der Waals surface area contributed by atoms with Gasteiger partial charge in [0.25, 0.3) is 11.8 Å². The fourth-order valence-corrected chi connectivity index (χ4v) is 3.51. The van der Waals surface area contributed by atoms with Crippen LogP contribution in [0, 0.1) is 12.7 Å². The van der Waals surface area contributed by atoms with Gasteiger partial charge in [0, 0.05) is 43.1 Å². The Kier molecular flexibility index (Phi) is 6.39. The molecule has 0 aliphatic carbocycles. The number of benzene rings is 2. The summed E-state index contributed by atoms with van der Waals surface area (Å²) < 4.78 is 18.1. The largest absolute Gasteiger partial charge is 0.459 e. The van der Waals surface area contributed by atoms with Gasteiger partial charge in [0.2, 0.25) is 0 Å². The van der Waals surface area contributed by atoms with E-state index in [1.165, 1.54) is 30.5 Å². The fourth-order valence-electron chi connectivity index (χ4n) is 3.51. The highest BCUT2D eigenvalue weighted by atomic mass is 19.1. The molecule has 8 nitrogen and oxygen atoms in total. The van der Waals surface area contributed by atoms with Gasteiger partial charge in [0.15, 0.2) is 5.76 Å². The lowest BCUT2D eigenvalue weighted by Crippen LogP contribution is -2.51. The molecule has 9 heteroatoms. The van der Waals surface area contributed by atoms with Crippen molar-refractivity contribution < 1.29 is 23.2 Å². The van der Waals surface area contributed by atoms with Gasteiger partial charge < -0.3 is 24.9 Å². The van der Waals surface area contributed by atoms with Crippen LogP contribution in [0.3, 0.4) is 0 Å². The van der Waals surface area contributed by atoms with Crippen molar-refractivity contribution in [1.82, 2.24) is 9.80 Å². The average molecular weight is 450 g/mol. The summed E-state index contributed by atoms with van der Waals surface area (Å²) in [6, 6.07) is 13.6.